The molecule has 0 radical (unpaired) electrons. The molecule has 3 rings (SSSR count). The lowest BCUT2D eigenvalue weighted by Crippen LogP contribution is -2.29. The molecular weight excluding hydrogens is 421 g/mol. The SMILES string of the molecule is COc1cc(N)c(Cl)cc1C(=O)Nc1cccc(CN2CCCCC2)c1.Cl.Cl. The fourth-order valence-electron chi connectivity index (χ4n) is 3.24. The van der Waals surface area contributed by atoms with Gasteiger partial charge in [0.15, 0.2) is 0 Å². The summed E-state index contributed by atoms with van der Waals surface area (Å²) in [6.07, 6.45) is 3.83. The molecule has 2 aromatic carbocycles. The molecule has 1 fully saturated rings. The average Bonchev–Trinajstić information content (AvgIpc) is 2.64. The van der Waals surface area contributed by atoms with Gasteiger partial charge in [0.2, 0.25) is 0 Å². The van der Waals surface area contributed by atoms with Gasteiger partial charge in [-0.2, -0.15) is 0 Å². The third-order valence-corrected chi connectivity index (χ3v) is 4.93. The lowest BCUT2D eigenvalue weighted by Gasteiger charge is -2.26. The Kier molecular flexibility index (Phi) is 9.90. The molecule has 1 heterocycles. The number of nitrogens with zero attached hydrogens (tertiary/aromatic N) is 1. The van der Waals surface area contributed by atoms with Crippen molar-refractivity contribution in [2.75, 3.05) is 31.2 Å². The monoisotopic (exact) mass is 445 g/mol. The van der Waals surface area contributed by atoms with Crippen molar-refractivity contribution in [2.45, 2.75) is 25.8 Å². The van der Waals surface area contributed by atoms with Crippen LogP contribution in [0, 0.1) is 0 Å². The Morgan fingerprint density at radius 1 is 1.18 bits per heavy atom. The fraction of sp³-hybridized carbons (Fsp3) is 0.350. The summed E-state index contributed by atoms with van der Waals surface area (Å²) in [7, 11) is 1.50. The van der Waals surface area contributed by atoms with Crippen LogP contribution in [0.25, 0.3) is 0 Å². The topological polar surface area (TPSA) is 67.6 Å². The molecule has 5 nitrogen and oxygen atoms in total. The lowest BCUT2D eigenvalue weighted by atomic mass is 10.1. The Labute approximate surface area is 183 Å². The maximum Gasteiger partial charge on any atom is 0.259 e. The number of halogens is 3. The van der Waals surface area contributed by atoms with Crippen LogP contribution in [-0.2, 0) is 6.54 Å². The Hall–Kier alpha value is -1.66. The van der Waals surface area contributed by atoms with E-state index in [9.17, 15) is 4.79 Å². The molecule has 3 N–H and O–H groups in total. The van der Waals surface area contributed by atoms with Gasteiger partial charge in [0.05, 0.1) is 23.4 Å². The number of hydrogen-bond acceptors (Lipinski definition) is 4. The predicted molar refractivity (Wildman–Crippen MR) is 120 cm³/mol. The molecule has 0 saturated carbocycles. The Morgan fingerprint density at radius 3 is 2.57 bits per heavy atom. The molecule has 28 heavy (non-hydrogen) atoms. The predicted octanol–water partition coefficient (Wildman–Crippen LogP) is 5.01. The van der Waals surface area contributed by atoms with Crippen LogP contribution < -0.4 is 15.8 Å². The van der Waals surface area contributed by atoms with Crippen molar-refractivity contribution in [1.82, 2.24) is 4.90 Å². The number of nitrogens with one attached hydrogen (secondary N) is 1. The highest BCUT2D eigenvalue weighted by Gasteiger charge is 2.16. The Morgan fingerprint density at radius 2 is 1.89 bits per heavy atom. The second-order valence-electron chi connectivity index (χ2n) is 6.57. The van der Waals surface area contributed by atoms with E-state index in [4.69, 9.17) is 22.1 Å². The van der Waals surface area contributed by atoms with E-state index in [0.717, 1.165) is 25.3 Å². The number of piperidine rings is 1. The number of ether oxygens (including phenoxy) is 1. The fourth-order valence-corrected chi connectivity index (χ4v) is 3.40. The van der Waals surface area contributed by atoms with Crippen LogP contribution in [0.5, 0.6) is 5.75 Å². The van der Waals surface area contributed by atoms with Gasteiger partial charge in [-0.25, -0.2) is 0 Å². The van der Waals surface area contributed by atoms with Gasteiger partial charge < -0.3 is 15.8 Å². The maximum atomic E-state index is 12.7. The van der Waals surface area contributed by atoms with Gasteiger partial charge in [0, 0.05) is 18.3 Å². The number of likely N-dealkylation sites (tertiary alicyclic amines) is 1. The molecule has 0 atom stereocenters. The zero-order valence-electron chi connectivity index (χ0n) is 15.7. The average molecular weight is 447 g/mol. The number of carbonyl (C=O) groups excluding carboxylic acids is 1. The van der Waals surface area contributed by atoms with Crippen molar-refractivity contribution in [2.24, 2.45) is 0 Å². The van der Waals surface area contributed by atoms with Crippen LogP contribution in [0.1, 0.15) is 35.2 Å². The summed E-state index contributed by atoms with van der Waals surface area (Å²) in [6, 6.07) is 11.0. The lowest BCUT2D eigenvalue weighted by molar-refractivity contribution is 0.102. The summed E-state index contributed by atoms with van der Waals surface area (Å²) in [5, 5.41) is 3.25. The van der Waals surface area contributed by atoms with Crippen molar-refractivity contribution in [3.63, 3.8) is 0 Å². The second kappa shape index (κ2) is 11.4. The first-order valence-corrected chi connectivity index (χ1v) is 9.20. The standard InChI is InChI=1S/C20H24ClN3O2.2ClH/c1-26-19-12-18(22)17(21)11-16(19)20(25)23-15-7-5-6-14(10-15)13-24-8-3-2-4-9-24;;/h5-7,10-12H,2-4,8-9,13,22H2,1H3,(H,23,25);2*1H. The zero-order chi connectivity index (χ0) is 18.5. The normalized spacial score (nSPS) is 13.8. The van der Waals surface area contributed by atoms with Crippen molar-refractivity contribution in [1.29, 1.82) is 0 Å². The van der Waals surface area contributed by atoms with Crippen molar-refractivity contribution >= 4 is 53.7 Å². The maximum absolute atomic E-state index is 12.7. The largest absolute Gasteiger partial charge is 0.496 e. The van der Waals surface area contributed by atoms with E-state index >= 15 is 0 Å². The van der Waals surface area contributed by atoms with Gasteiger partial charge in [0.1, 0.15) is 5.75 Å². The third-order valence-electron chi connectivity index (χ3n) is 4.60. The van der Waals surface area contributed by atoms with Crippen LogP contribution in [-0.4, -0.2) is 31.0 Å². The minimum atomic E-state index is -0.279. The molecule has 0 unspecified atom stereocenters. The highest BCUT2D eigenvalue weighted by atomic mass is 35.5. The van der Waals surface area contributed by atoms with E-state index in [1.807, 2.05) is 18.2 Å². The minimum absolute atomic E-state index is 0. The summed E-state index contributed by atoms with van der Waals surface area (Å²) in [4.78, 5) is 15.1. The van der Waals surface area contributed by atoms with Crippen LogP contribution >= 0.6 is 36.4 Å². The van der Waals surface area contributed by atoms with Crippen LogP contribution in [0.4, 0.5) is 11.4 Å². The van der Waals surface area contributed by atoms with Crippen LogP contribution in [0.2, 0.25) is 5.02 Å². The van der Waals surface area contributed by atoms with Crippen molar-refractivity contribution in [3.05, 3.63) is 52.5 Å². The highest BCUT2D eigenvalue weighted by molar-refractivity contribution is 6.33. The van der Waals surface area contributed by atoms with E-state index in [1.54, 1.807) is 6.07 Å². The number of hydrogen-bond donors (Lipinski definition) is 2. The summed E-state index contributed by atoms with van der Waals surface area (Å²) < 4.78 is 5.26. The number of carbonyl (C=O) groups is 1. The number of anilines is 2. The molecule has 1 aliphatic heterocycles. The van der Waals surface area contributed by atoms with Crippen molar-refractivity contribution in [3.8, 4) is 5.75 Å². The number of nitrogen functional groups attached to an aromatic ring is 1. The van der Waals surface area contributed by atoms with Gasteiger partial charge in [0.25, 0.3) is 5.91 Å². The summed E-state index contributed by atoms with van der Waals surface area (Å²) in [6.45, 7) is 3.18. The van der Waals surface area contributed by atoms with Gasteiger partial charge in [-0.1, -0.05) is 30.2 Å². The molecule has 154 valence electrons. The van der Waals surface area contributed by atoms with Gasteiger partial charge >= 0.3 is 0 Å². The number of benzene rings is 2. The van der Waals surface area contributed by atoms with Crippen LogP contribution in [0.15, 0.2) is 36.4 Å². The van der Waals surface area contributed by atoms with Gasteiger partial charge in [-0.05, 0) is 49.7 Å². The molecular formula is C20H26Cl3N3O2. The van der Waals surface area contributed by atoms with Crippen molar-refractivity contribution < 1.29 is 9.53 Å². The molecule has 1 amide bonds. The molecule has 1 aliphatic rings. The van der Waals surface area contributed by atoms with E-state index in [1.165, 1.54) is 38.0 Å². The molecule has 2 aromatic rings. The molecule has 8 heteroatoms. The molecule has 1 saturated heterocycles. The number of methoxy groups -OCH3 is 1. The third kappa shape index (κ3) is 6.17. The van der Waals surface area contributed by atoms with Crippen LogP contribution in [0.3, 0.4) is 0 Å². The summed E-state index contributed by atoms with van der Waals surface area (Å²) >= 11 is 6.06. The number of nitrogens with two attached hydrogens (primary N) is 1. The second-order valence-corrected chi connectivity index (χ2v) is 6.97. The first-order valence-electron chi connectivity index (χ1n) is 8.82. The number of rotatable bonds is 5. The first kappa shape index (κ1) is 24.4. The summed E-state index contributed by atoms with van der Waals surface area (Å²) in [5.74, 6) is 0.118. The smallest absolute Gasteiger partial charge is 0.259 e. The molecule has 0 aliphatic carbocycles. The quantitative estimate of drug-likeness (QED) is 0.633. The molecule has 0 aromatic heterocycles. The van der Waals surface area contributed by atoms with E-state index in [-0.39, 0.29) is 30.7 Å². The zero-order valence-corrected chi connectivity index (χ0v) is 18.1. The Balaban J connectivity index is 0.00000196. The van der Waals surface area contributed by atoms with E-state index in [2.05, 4.69) is 16.3 Å². The van der Waals surface area contributed by atoms with E-state index in [0.29, 0.717) is 22.0 Å². The van der Waals surface area contributed by atoms with Gasteiger partial charge in [-0.15, -0.1) is 24.8 Å². The number of amides is 1. The Bertz CT molecular complexity index is 796. The van der Waals surface area contributed by atoms with Gasteiger partial charge in [-0.3, -0.25) is 9.69 Å². The highest BCUT2D eigenvalue weighted by Crippen LogP contribution is 2.29. The minimum Gasteiger partial charge on any atom is -0.496 e. The van der Waals surface area contributed by atoms with E-state index < -0.39 is 0 Å². The molecule has 0 spiro atoms. The summed E-state index contributed by atoms with van der Waals surface area (Å²) in [5.41, 5.74) is 8.45. The molecule has 0 bridgehead atoms. The first-order chi connectivity index (χ1) is 12.6.